The highest BCUT2D eigenvalue weighted by molar-refractivity contribution is 6.16. The highest BCUT2D eigenvalue weighted by Crippen LogP contribution is 2.23. The van der Waals surface area contributed by atoms with Gasteiger partial charge in [-0.1, -0.05) is 11.2 Å². The van der Waals surface area contributed by atoms with Gasteiger partial charge >= 0.3 is 0 Å². The van der Waals surface area contributed by atoms with Crippen LogP contribution in [0.2, 0.25) is 0 Å². The molecule has 0 amide bonds. The number of hydrogen-bond donors (Lipinski definition) is 0. The van der Waals surface area contributed by atoms with E-state index in [0.29, 0.717) is 18.2 Å². The quantitative estimate of drug-likeness (QED) is 0.667. The van der Waals surface area contributed by atoms with Crippen molar-refractivity contribution in [2.75, 3.05) is 0 Å². The molecule has 0 saturated carbocycles. The predicted octanol–water partition coefficient (Wildman–Crippen LogP) is 4.05. The summed E-state index contributed by atoms with van der Waals surface area (Å²) in [6, 6.07) is 15.2. The Morgan fingerprint density at radius 1 is 1.10 bits per heavy atom. The lowest BCUT2D eigenvalue weighted by atomic mass is 10.1. The molecule has 0 atom stereocenters. The maximum Gasteiger partial charge on any atom is 0.152 e. The first-order chi connectivity index (χ1) is 10.3. The van der Waals surface area contributed by atoms with E-state index in [1.165, 1.54) is 0 Å². The van der Waals surface area contributed by atoms with Crippen molar-refractivity contribution in [2.24, 2.45) is 0 Å². The van der Waals surface area contributed by atoms with Gasteiger partial charge in [-0.3, -0.25) is 4.98 Å². The Balaban J connectivity index is 1.66. The van der Waals surface area contributed by atoms with Crippen LogP contribution >= 0.6 is 11.6 Å². The van der Waals surface area contributed by atoms with Crippen molar-refractivity contribution in [3.63, 3.8) is 0 Å². The summed E-state index contributed by atoms with van der Waals surface area (Å²) in [5.74, 6) is 1.76. The highest BCUT2D eigenvalue weighted by atomic mass is 35.5. The summed E-state index contributed by atoms with van der Waals surface area (Å²) >= 11 is 5.69. The zero-order chi connectivity index (χ0) is 14.5. The number of hydrogen-bond acceptors (Lipinski definition) is 4. The molecule has 0 saturated heterocycles. The number of ether oxygens (including phenoxy) is 1. The van der Waals surface area contributed by atoms with E-state index in [4.69, 9.17) is 20.9 Å². The van der Waals surface area contributed by atoms with E-state index in [0.717, 1.165) is 22.7 Å². The molecule has 0 fully saturated rings. The van der Waals surface area contributed by atoms with E-state index >= 15 is 0 Å². The molecule has 2 heterocycles. The molecule has 0 radical (unpaired) electrons. The average molecular weight is 301 g/mol. The second kappa shape index (κ2) is 6.41. The van der Waals surface area contributed by atoms with Crippen LogP contribution in [0.5, 0.6) is 5.75 Å². The van der Waals surface area contributed by atoms with Crippen LogP contribution in [0, 0.1) is 0 Å². The number of benzene rings is 1. The molecule has 0 unspecified atom stereocenters. The van der Waals surface area contributed by atoms with Crippen LogP contribution < -0.4 is 4.74 Å². The number of aromatic nitrogens is 2. The molecule has 3 aromatic rings. The van der Waals surface area contributed by atoms with Crippen molar-refractivity contribution < 1.29 is 9.26 Å². The van der Waals surface area contributed by atoms with E-state index in [9.17, 15) is 0 Å². The number of nitrogens with zero attached hydrogens (tertiary/aromatic N) is 2. The Hall–Kier alpha value is -2.33. The fourth-order valence-corrected chi connectivity index (χ4v) is 2.00. The van der Waals surface area contributed by atoms with Gasteiger partial charge in [-0.05, 0) is 36.4 Å². The van der Waals surface area contributed by atoms with E-state index in [-0.39, 0.29) is 0 Å². The van der Waals surface area contributed by atoms with Gasteiger partial charge in [-0.2, -0.15) is 0 Å². The van der Waals surface area contributed by atoms with E-state index in [1.54, 1.807) is 6.20 Å². The first kappa shape index (κ1) is 13.6. The summed E-state index contributed by atoms with van der Waals surface area (Å²) in [6.45, 7) is 0.445. The molecule has 2 aromatic heterocycles. The summed E-state index contributed by atoms with van der Waals surface area (Å²) in [4.78, 5) is 4.21. The lowest BCUT2D eigenvalue weighted by Crippen LogP contribution is -1.97. The summed E-state index contributed by atoms with van der Waals surface area (Å²) in [6.07, 6.45) is 1.75. The minimum absolute atomic E-state index is 0.318. The predicted molar refractivity (Wildman–Crippen MR) is 80.1 cm³/mol. The van der Waals surface area contributed by atoms with Gasteiger partial charge in [0.25, 0.3) is 0 Å². The Bertz CT molecular complexity index is 696. The summed E-state index contributed by atoms with van der Waals surface area (Å²) in [7, 11) is 0. The molecule has 0 aliphatic carbocycles. The van der Waals surface area contributed by atoms with Crippen molar-refractivity contribution >= 4 is 11.6 Å². The molecule has 4 nitrogen and oxygen atoms in total. The molecular weight excluding hydrogens is 288 g/mol. The maximum atomic E-state index is 5.69. The third kappa shape index (κ3) is 3.41. The maximum absolute atomic E-state index is 5.69. The SMILES string of the molecule is ClCc1cc(-c2ccc(OCc3ccccn3)cc2)no1. The van der Waals surface area contributed by atoms with Gasteiger partial charge in [0.05, 0.1) is 11.6 Å². The number of alkyl halides is 1. The number of halogens is 1. The Morgan fingerprint density at radius 2 is 1.95 bits per heavy atom. The fourth-order valence-electron chi connectivity index (χ4n) is 1.87. The Morgan fingerprint density at radius 3 is 2.62 bits per heavy atom. The van der Waals surface area contributed by atoms with Crippen LogP contribution in [0.3, 0.4) is 0 Å². The third-order valence-electron chi connectivity index (χ3n) is 2.95. The monoisotopic (exact) mass is 300 g/mol. The van der Waals surface area contributed by atoms with E-state index in [1.807, 2.05) is 48.5 Å². The molecule has 0 spiro atoms. The molecule has 0 N–H and O–H groups in total. The molecular formula is C16H13ClN2O2. The van der Waals surface area contributed by atoms with Crippen molar-refractivity contribution in [3.05, 3.63) is 66.2 Å². The van der Waals surface area contributed by atoms with Crippen LogP contribution in [-0.2, 0) is 12.5 Å². The highest BCUT2D eigenvalue weighted by Gasteiger charge is 2.06. The molecule has 106 valence electrons. The minimum Gasteiger partial charge on any atom is -0.487 e. The molecule has 21 heavy (non-hydrogen) atoms. The van der Waals surface area contributed by atoms with Gasteiger partial charge in [-0.15, -0.1) is 11.6 Å². The van der Waals surface area contributed by atoms with Gasteiger partial charge in [0.1, 0.15) is 18.1 Å². The first-order valence-corrected chi connectivity index (χ1v) is 7.03. The average Bonchev–Trinajstić information content (AvgIpc) is 3.03. The summed E-state index contributed by atoms with van der Waals surface area (Å²) < 4.78 is 10.8. The lowest BCUT2D eigenvalue weighted by Gasteiger charge is -2.05. The van der Waals surface area contributed by atoms with Crippen LogP contribution in [0.4, 0.5) is 0 Å². The molecule has 0 bridgehead atoms. The summed E-state index contributed by atoms with van der Waals surface area (Å²) in [5.41, 5.74) is 2.62. The van der Waals surface area contributed by atoms with Gasteiger partial charge in [0, 0.05) is 17.8 Å². The topological polar surface area (TPSA) is 48.2 Å². The molecule has 1 aromatic carbocycles. The second-order valence-corrected chi connectivity index (χ2v) is 4.71. The standard InChI is InChI=1S/C16H13ClN2O2/c17-10-15-9-16(19-21-15)12-4-6-14(7-5-12)20-11-13-3-1-2-8-18-13/h1-9H,10-11H2. The zero-order valence-corrected chi connectivity index (χ0v) is 12.0. The fraction of sp³-hybridized carbons (Fsp3) is 0.125. The zero-order valence-electron chi connectivity index (χ0n) is 11.2. The first-order valence-electron chi connectivity index (χ1n) is 6.50. The van der Waals surface area contributed by atoms with Crippen LogP contribution in [0.1, 0.15) is 11.5 Å². The number of rotatable bonds is 5. The van der Waals surface area contributed by atoms with Crippen molar-refractivity contribution in [3.8, 4) is 17.0 Å². The Labute approximate surface area is 127 Å². The molecule has 3 rings (SSSR count). The van der Waals surface area contributed by atoms with Crippen molar-refractivity contribution in [1.29, 1.82) is 0 Å². The van der Waals surface area contributed by atoms with Crippen molar-refractivity contribution in [2.45, 2.75) is 12.5 Å². The third-order valence-corrected chi connectivity index (χ3v) is 3.22. The lowest BCUT2D eigenvalue weighted by molar-refractivity contribution is 0.301. The van der Waals surface area contributed by atoms with E-state index in [2.05, 4.69) is 10.1 Å². The minimum atomic E-state index is 0.318. The summed E-state index contributed by atoms with van der Waals surface area (Å²) in [5, 5.41) is 3.97. The Kier molecular flexibility index (Phi) is 4.17. The van der Waals surface area contributed by atoms with Gasteiger partial charge in [0.15, 0.2) is 5.76 Å². The molecule has 0 aliphatic rings. The van der Waals surface area contributed by atoms with Gasteiger partial charge in [-0.25, -0.2) is 0 Å². The van der Waals surface area contributed by atoms with Crippen LogP contribution in [-0.4, -0.2) is 10.1 Å². The number of pyridine rings is 1. The van der Waals surface area contributed by atoms with E-state index < -0.39 is 0 Å². The molecule has 5 heteroatoms. The molecule has 0 aliphatic heterocycles. The smallest absolute Gasteiger partial charge is 0.152 e. The largest absolute Gasteiger partial charge is 0.487 e. The van der Waals surface area contributed by atoms with Gasteiger partial charge < -0.3 is 9.26 Å². The second-order valence-electron chi connectivity index (χ2n) is 4.45. The normalized spacial score (nSPS) is 10.5. The van der Waals surface area contributed by atoms with Gasteiger partial charge in [0.2, 0.25) is 0 Å². The van der Waals surface area contributed by atoms with Crippen LogP contribution in [0.25, 0.3) is 11.3 Å². The van der Waals surface area contributed by atoms with Crippen molar-refractivity contribution in [1.82, 2.24) is 10.1 Å². The van der Waals surface area contributed by atoms with Crippen LogP contribution in [0.15, 0.2) is 59.3 Å².